The van der Waals surface area contributed by atoms with Gasteiger partial charge in [0.1, 0.15) is 23.7 Å². The number of carbonyl (C=O) groups is 2. The van der Waals surface area contributed by atoms with Crippen molar-refractivity contribution in [1.82, 2.24) is 0 Å². The van der Waals surface area contributed by atoms with E-state index in [1.807, 2.05) is 0 Å². The highest BCUT2D eigenvalue weighted by Gasteiger charge is 2.15. The summed E-state index contributed by atoms with van der Waals surface area (Å²) in [4.78, 5) is 33.1. The minimum atomic E-state index is -0.628. The quantitative estimate of drug-likeness (QED) is 0.246. The van der Waals surface area contributed by atoms with Crippen molar-refractivity contribution in [2.75, 3.05) is 25.6 Å². The van der Waals surface area contributed by atoms with Gasteiger partial charge in [-0.25, -0.2) is 4.79 Å². The molecule has 0 radical (unpaired) electrons. The van der Waals surface area contributed by atoms with Gasteiger partial charge in [0.05, 0.1) is 12.0 Å². The molecule has 0 fully saturated rings. The molecule has 27 heavy (non-hydrogen) atoms. The van der Waals surface area contributed by atoms with Crippen LogP contribution in [0.1, 0.15) is 17.3 Å². The van der Waals surface area contributed by atoms with Crippen LogP contribution >= 0.6 is 0 Å². The number of anilines is 1. The maximum Gasteiger partial charge on any atom is 0.341 e. The van der Waals surface area contributed by atoms with Crippen molar-refractivity contribution < 1.29 is 28.7 Å². The number of hydrogen-bond donors (Lipinski definition) is 1. The normalized spacial score (nSPS) is 10.0. The molecule has 2 rings (SSSR count). The van der Waals surface area contributed by atoms with Crippen LogP contribution in [0.25, 0.3) is 0 Å². The minimum absolute atomic E-state index is 0.0105. The molecule has 142 valence electrons. The summed E-state index contributed by atoms with van der Waals surface area (Å²) in [6.45, 7) is 1.93. The van der Waals surface area contributed by atoms with Crippen LogP contribution in [0.15, 0.2) is 42.5 Å². The zero-order valence-corrected chi connectivity index (χ0v) is 14.8. The van der Waals surface area contributed by atoms with E-state index in [-0.39, 0.29) is 23.6 Å². The molecule has 9 heteroatoms. The van der Waals surface area contributed by atoms with Crippen LogP contribution in [0, 0.1) is 10.1 Å². The van der Waals surface area contributed by atoms with Crippen molar-refractivity contribution in [3.8, 4) is 11.5 Å². The molecule has 0 aromatic heterocycles. The number of nitrogens with one attached hydrogen (secondary N) is 1. The summed E-state index contributed by atoms with van der Waals surface area (Å²) in [7, 11) is 1.23. The van der Waals surface area contributed by atoms with E-state index >= 15 is 0 Å². The standard InChI is InChI=1S/C18H18N2O7/c1-12(21)27-17-8-3-13(11-16(17)18(22)25-2)19-9-10-26-15-6-4-14(5-7-15)20(23)24/h3-8,11,19H,9-10H2,1-2H3. The van der Waals surface area contributed by atoms with E-state index in [1.54, 1.807) is 6.07 Å². The Morgan fingerprint density at radius 1 is 1.15 bits per heavy atom. The maximum absolute atomic E-state index is 11.8. The fourth-order valence-corrected chi connectivity index (χ4v) is 2.18. The lowest BCUT2D eigenvalue weighted by atomic mass is 10.1. The summed E-state index contributed by atoms with van der Waals surface area (Å²) < 4.78 is 15.2. The van der Waals surface area contributed by atoms with Gasteiger partial charge in [-0.3, -0.25) is 14.9 Å². The fraction of sp³-hybridized carbons (Fsp3) is 0.222. The van der Waals surface area contributed by atoms with E-state index in [1.165, 1.54) is 50.4 Å². The van der Waals surface area contributed by atoms with E-state index in [2.05, 4.69) is 5.32 Å². The third kappa shape index (κ3) is 5.70. The summed E-state index contributed by atoms with van der Waals surface area (Å²) in [6.07, 6.45) is 0. The molecule has 0 saturated carbocycles. The minimum Gasteiger partial charge on any atom is -0.492 e. The van der Waals surface area contributed by atoms with E-state index in [9.17, 15) is 19.7 Å². The van der Waals surface area contributed by atoms with Crippen LogP contribution in [-0.2, 0) is 9.53 Å². The fourth-order valence-electron chi connectivity index (χ4n) is 2.18. The summed E-state index contributed by atoms with van der Waals surface area (Å²) in [5.41, 5.74) is 0.719. The van der Waals surface area contributed by atoms with E-state index < -0.39 is 16.9 Å². The molecule has 0 bridgehead atoms. The number of hydrogen-bond acceptors (Lipinski definition) is 8. The first-order valence-corrected chi connectivity index (χ1v) is 7.92. The van der Waals surface area contributed by atoms with Gasteiger partial charge in [-0.2, -0.15) is 0 Å². The highest BCUT2D eigenvalue weighted by atomic mass is 16.6. The van der Waals surface area contributed by atoms with Gasteiger partial charge in [-0.1, -0.05) is 0 Å². The molecular formula is C18H18N2O7. The van der Waals surface area contributed by atoms with Crippen LogP contribution < -0.4 is 14.8 Å². The van der Waals surface area contributed by atoms with Crippen molar-refractivity contribution in [3.05, 3.63) is 58.1 Å². The van der Waals surface area contributed by atoms with Crippen LogP contribution in [0.2, 0.25) is 0 Å². The Balaban J connectivity index is 1.94. The molecule has 0 heterocycles. The molecule has 0 spiro atoms. The van der Waals surface area contributed by atoms with Crippen LogP contribution in [-0.4, -0.2) is 37.1 Å². The van der Waals surface area contributed by atoms with Crippen LogP contribution in [0.5, 0.6) is 11.5 Å². The molecular weight excluding hydrogens is 356 g/mol. The number of benzene rings is 2. The number of carbonyl (C=O) groups excluding carboxylic acids is 2. The highest BCUT2D eigenvalue weighted by molar-refractivity contribution is 5.94. The zero-order valence-electron chi connectivity index (χ0n) is 14.8. The summed E-state index contributed by atoms with van der Waals surface area (Å²) >= 11 is 0. The molecule has 0 aliphatic heterocycles. The summed E-state index contributed by atoms with van der Waals surface area (Å²) in [5, 5.41) is 13.7. The number of esters is 2. The van der Waals surface area contributed by atoms with Crippen LogP contribution in [0.4, 0.5) is 11.4 Å². The molecule has 9 nitrogen and oxygen atoms in total. The molecule has 2 aromatic carbocycles. The number of nitro groups is 1. The second kappa shape index (κ2) is 9.18. The van der Waals surface area contributed by atoms with Gasteiger partial charge in [0.15, 0.2) is 0 Å². The largest absolute Gasteiger partial charge is 0.492 e. The lowest BCUT2D eigenvalue weighted by Gasteiger charge is -2.12. The number of non-ortho nitro benzene ring substituents is 1. The summed E-state index contributed by atoms with van der Waals surface area (Å²) in [5.74, 6) is -0.556. The topological polar surface area (TPSA) is 117 Å². The zero-order chi connectivity index (χ0) is 19.8. The predicted molar refractivity (Wildman–Crippen MR) is 96.2 cm³/mol. The monoisotopic (exact) mass is 374 g/mol. The van der Waals surface area contributed by atoms with Gasteiger partial charge in [0, 0.05) is 31.3 Å². The lowest BCUT2D eigenvalue weighted by Crippen LogP contribution is -2.13. The van der Waals surface area contributed by atoms with Gasteiger partial charge < -0.3 is 19.5 Å². The van der Waals surface area contributed by atoms with Crippen molar-refractivity contribution >= 4 is 23.3 Å². The molecule has 0 aliphatic rings. The van der Waals surface area contributed by atoms with Crippen LogP contribution in [0.3, 0.4) is 0 Å². The Hall–Kier alpha value is -3.62. The van der Waals surface area contributed by atoms with Gasteiger partial charge in [0.2, 0.25) is 0 Å². The first-order chi connectivity index (χ1) is 12.9. The second-order valence-electron chi connectivity index (χ2n) is 5.32. The first-order valence-electron chi connectivity index (χ1n) is 7.92. The Labute approximate surface area is 155 Å². The van der Waals surface area contributed by atoms with Crippen molar-refractivity contribution in [2.24, 2.45) is 0 Å². The Kier molecular flexibility index (Phi) is 6.70. The molecule has 0 amide bonds. The van der Waals surface area contributed by atoms with Gasteiger partial charge >= 0.3 is 11.9 Å². The SMILES string of the molecule is COC(=O)c1cc(NCCOc2ccc([N+](=O)[O-])cc2)ccc1OC(C)=O. The third-order valence-corrected chi connectivity index (χ3v) is 3.39. The Morgan fingerprint density at radius 2 is 1.85 bits per heavy atom. The number of nitrogens with zero attached hydrogens (tertiary/aromatic N) is 1. The number of nitro benzene ring substituents is 1. The van der Waals surface area contributed by atoms with Crippen molar-refractivity contribution in [3.63, 3.8) is 0 Å². The Bertz CT molecular complexity index is 834. The molecule has 2 aromatic rings. The van der Waals surface area contributed by atoms with E-state index in [4.69, 9.17) is 14.2 Å². The molecule has 0 atom stereocenters. The molecule has 0 saturated heterocycles. The second-order valence-corrected chi connectivity index (χ2v) is 5.32. The maximum atomic E-state index is 11.8. The molecule has 0 unspecified atom stereocenters. The van der Waals surface area contributed by atoms with Gasteiger partial charge in [-0.15, -0.1) is 0 Å². The van der Waals surface area contributed by atoms with E-state index in [0.717, 1.165) is 0 Å². The molecule has 1 N–H and O–H groups in total. The smallest absolute Gasteiger partial charge is 0.341 e. The average Bonchev–Trinajstić information content (AvgIpc) is 2.65. The van der Waals surface area contributed by atoms with Crippen molar-refractivity contribution in [2.45, 2.75) is 6.92 Å². The lowest BCUT2D eigenvalue weighted by molar-refractivity contribution is -0.384. The Morgan fingerprint density at radius 3 is 2.44 bits per heavy atom. The van der Waals surface area contributed by atoms with Gasteiger partial charge in [0.25, 0.3) is 5.69 Å². The highest BCUT2D eigenvalue weighted by Crippen LogP contribution is 2.24. The molecule has 0 aliphatic carbocycles. The average molecular weight is 374 g/mol. The first kappa shape index (κ1) is 19.7. The number of rotatable bonds is 8. The third-order valence-electron chi connectivity index (χ3n) is 3.39. The number of methoxy groups -OCH3 is 1. The predicted octanol–water partition coefficient (Wildman–Crippen LogP) is 2.80. The number of ether oxygens (including phenoxy) is 3. The summed E-state index contributed by atoms with van der Waals surface area (Å²) in [6, 6.07) is 10.4. The van der Waals surface area contributed by atoms with Crippen molar-refractivity contribution in [1.29, 1.82) is 0 Å². The van der Waals surface area contributed by atoms with Gasteiger partial charge in [-0.05, 0) is 30.3 Å². The van der Waals surface area contributed by atoms with E-state index in [0.29, 0.717) is 18.0 Å².